The summed E-state index contributed by atoms with van der Waals surface area (Å²) < 4.78 is 0. The van der Waals surface area contributed by atoms with Gasteiger partial charge in [0.1, 0.15) is 17.9 Å². The average molecular weight is 361 g/mol. The van der Waals surface area contributed by atoms with Crippen molar-refractivity contribution in [3.63, 3.8) is 0 Å². The molecule has 2 aliphatic rings. The van der Waals surface area contributed by atoms with Gasteiger partial charge in [0.15, 0.2) is 0 Å². The number of nitrogens with zero attached hydrogens (tertiary/aromatic N) is 2. The summed E-state index contributed by atoms with van der Waals surface area (Å²) in [6, 6.07) is 15.5. The van der Waals surface area contributed by atoms with E-state index in [1.54, 1.807) is 4.90 Å². The largest absolute Gasteiger partial charge is 0.361 e. The van der Waals surface area contributed by atoms with Crippen molar-refractivity contribution in [3.05, 3.63) is 66.7 Å². The maximum Gasteiger partial charge on any atom is 0.241 e. The summed E-state index contributed by atoms with van der Waals surface area (Å²) >= 11 is 0. The molecule has 1 saturated heterocycles. The molecule has 2 heterocycles. The number of hydrogen-bond acceptors (Lipinski definition) is 4. The molecule has 0 bridgehead atoms. The van der Waals surface area contributed by atoms with Crippen molar-refractivity contribution in [2.45, 2.75) is 26.1 Å². The van der Waals surface area contributed by atoms with Crippen LogP contribution in [-0.2, 0) is 9.59 Å². The number of amides is 1. The van der Waals surface area contributed by atoms with Crippen LogP contribution in [0.4, 0.5) is 17.1 Å². The Morgan fingerprint density at radius 3 is 2.56 bits per heavy atom. The SMILES string of the molecule is C=CCN1c2ccccc2N[C@H]2[C@@H]1[C@H](C(C)=O)C(=O)N2c1ccc(C)cc1. The highest BCUT2D eigenvalue weighted by Crippen LogP contribution is 2.43. The summed E-state index contributed by atoms with van der Waals surface area (Å²) in [5.74, 6) is -0.979. The third-order valence-corrected chi connectivity index (χ3v) is 5.40. The van der Waals surface area contributed by atoms with Crippen LogP contribution in [-0.4, -0.2) is 30.4 Å². The predicted molar refractivity (Wildman–Crippen MR) is 108 cm³/mol. The number of fused-ring (bicyclic) bond motifs is 2. The molecule has 0 spiro atoms. The van der Waals surface area contributed by atoms with E-state index in [0.717, 1.165) is 22.6 Å². The fourth-order valence-corrected chi connectivity index (χ4v) is 4.20. The molecule has 0 radical (unpaired) electrons. The highest BCUT2D eigenvalue weighted by molar-refractivity contribution is 6.12. The first-order chi connectivity index (χ1) is 13.0. The van der Waals surface area contributed by atoms with Crippen molar-refractivity contribution in [1.29, 1.82) is 0 Å². The van der Waals surface area contributed by atoms with Gasteiger partial charge in [0, 0.05) is 12.2 Å². The molecule has 0 aromatic heterocycles. The Kier molecular flexibility index (Phi) is 4.22. The molecule has 4 rings (SSSR count). The minimum absolute atomic E-state index is 0.111. The van der Waals surface area contributed by atoms with Crippen molar-refractivity contribution in [2.24, 2.45) is 5.92 Å². The molecule has 1 amide bonds. The molecule has 1 fully saturated rings. The molecule has 3 atom stereocenters. The second-order valence-electron chi connectivity index (χ2n) is 7.17. The lowest BCUT2D eigenvalue weighted by Crippen LogP contribution is -2.55. The average Bonchev–Trinajstić information content (AvgIpc) is 2.94. The molecule has 0 unspecified atom stereocenters. The molecule has 1 N–H and O–H groups in total. The number of Topliss-reactive ketones (excluding diaryl/α,β-unsaturated/α-hetero) is 1. The van der Waals surface area contributed by atoms with Crippen LogP contribution < -0.4 is 15.1 Å². The van der Waals surface area contributed by atoms with Crippen LogP contribution in [0.3, 0.4) is 0 Å². The Bertz CT molecular complexity index is 906. The Balaban J connectivity index is 1.86. The van der Waals surface area contributed by atoms with E-state index < -0.39 is 5.92 Å². The van der Waals surface area contributed by atoms with Gasteiger partial charge < -0.3 is 10.2 Å². The van der Waals surface area contributed by atoms with Gasteiger partial charge in [-0.1, -0.05) is 35.9 Å². The smallest absolute Gasteiger partial charge is 0.241 e. The maximum absolute atomic E-state index is 13.3. The van der Waals surface area contributed by atoms with Crippen LogP contribution >= 0.6 is 0 Å². The second-order valence-corrected chi connectivity index (χ2v) is 7.17. The summed E-state index contributed by atoms with van der Waals surface area (Å²) in [5.41, 5.74) is 3.87. The minimum Gasteiger partial charge on any atom is -0.361 e. The Labute approximate surface area is 159 Å². The van der Waals surface area contributed by atoms with Crippen molar-refractivity contribution in [2.75, 3.05) is 21.7 Å². The molecular formula is C22H23N3O2. The summed E-state index contributed by atoms with van der Waals surface area (Å²) in [6.07, 6.45) is 1.50. The molecule has 0 saturated carbocycles. The van der Waals surface area contributed by atoms with Crippen LogP contribution in [0.1, 0.15) is 12.5 Å². The van der Waals surface area contributed by atoms with E-state index in [-0.39, 0.29) is 23.9 Å². The first-order valence-electron chi connectivity index (χ1n) is 9.16. The third-order valence-electron chi connectivity index (χ3n) is 5.40. The first kappa shape index (κ1) is 17.3. The Hall–Kier alpha value is -3.08. The summed E-state index contributed by atoms with van der Waals surface area (Å²) in [5, 5.41) is 3.50. The number of carbonyl (C=O) groups is 2. The van der Waals surface area contributed by atoms with Crippen LogP contribution in [0.15, 0.2) is 61.2 Å². The Morgan fingerprint density at radius 1 is 1.19 bits per heavy atom. The van der Waals surface area contributed by atoms with Gasteiger partial charge in [-0.05, 0) is 38.1 Å². The minimum atomic E-state index is -0.711. The zero-order chi connectivity index (χ0) is 19.1. The van der Waals surface area contributed by atoms with E-state index in [9.17, 15) is 9.59 Å². The van der Waals surface area contributed by atoms with Gasteiger partial charge in [0.05, 0.1) is 17.4 Å². The number of carbonyl (C=O) groups excluding carboxylic acids is 2. The van der Waals surface area contributed by atoms with Crippen LogP contribution in [0.2, 0.25) is 0 Å². The molecule has 2 aromatic rings. The highest BCUT2D eigenvalue weighted by atomic mass is 16.2. The van der Waals surface area contributed by atoms with Gasteiger partial charge in [-0.25, -0.2) is 0 Å². The van der Waals surface area contributed by atoms with Gasteiger partial charge in [-0.2, -0.15) is 0 Å². The molecular weight excluding hydrogens is 338 g/mol. The normalized spacial score (nSPS) is 23.5. The summed E-state index contributed by atoms with van der Waals surface area (Å²) in [4.78, 5) is 29.7. The maximum atomic E-state index is 13.3. The molecule has 2 aliphatic heterocycles. The van der Waals surface area contributed by atoms with Crippen LogP contribution in [0, 0.1) is 12.8 Å². The number of rotatable bonds is 4. The van der Waals surface area contributed by atoms with Crippen molar-refractivity contribution in [1.82, 2.24) is 0 Å². The van der Waals surface area contributed by atoms with E-state index in [0.29, 0.717) is 6.54 Å². The van der Waals surface area contributed by atoms with E-state index in [4.69, 9.17) is 0 Å². The van der Waals surface area contributed by atoms with Crippen LogP contribution in [0.5, 0.6) is 0 Å². The molecule has 138 valence electrons. The summed E-state index contributed by atoms with van der Waals surface area (Å²) in [7, 11) is 0. The monoisotopic (exact) mass is 361 g/mol. The fraction of sp³-hybridized carbons (Fsp3) is 0.273. The quantitative estimate of drug-likeness (QED) is 0.670. The predicted octanol–water partition coefficient (Wildman–Crippen LogP) is 3.36. The molecule has 2 aromatic carbocycles. The van der Waals surface area contributed by atoms with Crippen molar-refractivity contribution < 1.29 is 9.59 Å². The highest BCUT2D eigenvalue weighted by Gasteiger charge is 2.55. The van der Waals surface area contributed by atoms with Crippen LogP contribution in [0.25, 0.3) is 0 Å². The van der Waals surface area contributed by atoms with Crippen molar-refractivity contribution >= 4 is 28.8 Å². The second kappa shape index (κ2) is 6.58. The molecule has 27 heavy (non-hydrogen) atoms. The van der Waals surface area contributed by atoms with Gasteiger partial charge in [-0.15, -0.1) is 6.58 Å². The number of aryl methyl sites for hydroxylation is 1. The van der Waals surface area contributed by atoms with Gasteiger partial charge >= 0.3 is 0 Å². The van der Waals surface area contributed by atoms with Gasteiger partial charge in [0.25, 0.3) is 0 Å². The lowest BCUT2D eigenvalue weighted by Gasteiger charge is -2.43. The fourth-order valence-electron chi connectivity index (χ4n) is 4.20. The standard InChI is InChI=1S/C22H23N3O2/c1-4-13-24-18-8-6-5-7-17(18)23-21-20(24)19(15(3)26)22(27)25(21)16-11-9-14(2)10-12-16/h4-12,19-21,23H,1,13H2,2-3H3/t19-,20-,21+/m0/s1. The first-order valence-corrected chi connectivity index (χ1v) is 9.16. The topological polar surface area (TPSA) is 52.7 Å². The van der Waals surface area contributed by atoms with Gasteiger partial charge in [0.2, 0.25) is 5.91 Å². The summed E-state index contributed by atoms with van der Waals surface area (Å²) in [6.45, 7) is 7.96. The number of benzene rings is 2. The van der Waals surface area contributed by atoms with E-state index in [1.165, 1.54) is 6.92 Å². The lowest BCUT2D eigenvalue weighted by molar-refractivity contribution is -0.129. The zero-order valence-corrected chi connectivity index (χ0v) is 15.6. The molecule has 5 nitrogen and oxygen atoms in total. The molecule has 0 aliphatic carbocycles. The van der Waals surface area contributed by atoms with E-state index in [2.05, 4.69) is 16.8 Å². The number of ketones is 1. The van der Waals surface area contributed by atoms with E-state index in [1.807, 2.05) is 61.5 Å². The Morgan fingerprint density at radius 2 is 1.89 bits per heavy atom. The van der Waals surface area contributed by atoms with Gasteiger partial charge in [-0.3, -0.25) is 14.5 Å². The number of anilines is 3. The number of para-hydroxylation sites is 2. The third kappa shape index (κ3) is 2.70. The molecule has 5 heteroatoms. The van der Waals surface area contributed by atoms with Crippen molar-refractivity contribution in [3.8, 4) is 0 Å². The van der Waals surface area contributed by atoms with E-state index >= 15 is 0 Å². The number of hydrogen-bond donors (Lipinski definition) is 1. The zero-order valence-electron chi connectivity index (χ0n) is 15.6. The number of nitrogens with one attached hydrogen (secondary N) is 1. The lowest BCUT2D eigenvalue weighted by atomic mass is 9.93.